The zero-order valence-electron chi connectivity index (χ0n) is 25.7. The van der Waals surface area contributed by atoms with Crippen molar-refractivity contribution in [3.05, 3.63) is 12.3 Å². The molecule has 0 fully saturated rings. The molecule has 0 aliphatic carbocycles. The monoisotopic (exact) mass is 543 g/mol. The van der Waals surface area contributed by atoms with Crippen molar-refractivity contribution in [1.82, 2.24) is 14.7 Å². The van der Waals surface area contributed by atoms with Crippen molar-refractivity contribution >= 4 is 11.8 Å². The maximum Gasteiger partial charge on any atom is 0.222 e. The van der Waals surface area contributed by atoms with Crippen LogP contribution in [0, 0.1) is 10.8 Å². The molecule has 0 saturated heterocycles. The number of amides is 2. The minimum atomic E-state index is -0.708. The normalized spacial score (nSPS) is 14.0. The van der Waals surface area contributed by atoms with E-state index in [4.69, 9.17) is 9.47 Å². The number of hydrogen-bond acceptors (Lipinski definition) is 7. The van der Waals surface area contributed by atoms with Gasteiger partial charge in [-0.05, 0) is 36.8 Å². The highest BCUT2D eigenvalue weighted by Gasteiger charge is 2.20. The van der Waals surface area contributed by atoms with E-state index in [0.717, 1.165) is 0 Å². The number of rotatable bonds is 19. The summed E-state index contributed by atoms with van der Waals surface area (Å²) in [4.78, 5) is 29.7. The summed E-state index contributed by atoms with van der Waals surface area (Å²) in [6.07, 6.45) is 4.70. The Morgan fingerprint density at radius 2 is 1.13 bits per heavy atom. The van der Waals surface area contributed by atoms with Gasteiger partial charge in [-0.25, -0.2) is 0 Å². The predicted octanol–water partition coefficient (Wildman–Crippen LogP) is 3.15. The van der Waals surface area contributed by atoms with E-state index < -0.39 is 12.2 Å². The van der Waals surface area contributed by atoms with Crippen LogP contribution in [0.25, 0.3) is 0 Å². The van der Waals surface area contributed by atoms with Crippen LogP contribution in [0.4, 0.5) is 0 Å². The summed E-state index contributed by atoms with van der Waals surface area (Å²) in [6, 6.07) is 0. The Hall–Kier alpha value is -1.68. The first kappa shape index (κ1) is 36.3. The summed E-state index contributed by atoms with van der Waals surface area (Å²) in [5.74, 6) is 0.251. The van der Waals surface area contributed by atoms with Crippen molar-refractivity contribution in [2.24, 2.45) is 10.8 Å². The highest BCUT2D eigenvalue weighted by molar-refractivity contribution is 5.76. The first-order chi connectivity index (χ1) is 17.5. The zero-order valence-corrected chi connectivity index (χ0v) is 25.7. The maximum atomic E-state index is 12.2. The van der Waals surface area contributed by atoms with Gasteiger partial charge in [-0.3, -0.25) is 9.59 Å². The molecule has 38 heavy (non-hydrogen) atoms. The van der Waals surface area contributed by atoms with Crippen LogP contribution in [0.2, 0.25) is 0 Å². The molecule has 0 aromatic rings. The molecule has 2 N–H and O–H groups in total. The molecule has 0 saturated carbocycles. The Bertz CT molecular complexity index is 635. The lowest BCUT2D eigenvalue weighted by Gasteiger charge is -2.26. The lowest BCUT2D eigenvalue weighted by molar-refractivity contribution is -0.132. The van der Waals surface area contributed by atoms with Gasteiger partial charge in [-0.1, -0.05) is 47.6 Å². The molecule has 2 amide bonds. The minimum absolute atomic E-state index is 0.0329. The lowest BCUT2D eigenvalue weighted by atomic mass is 9.91. The smallest absolute Gasteiger partial charge is 0.222 e. The van der Waals surface area contributed by atoms with Crippen LogP contribution in [0.3, 0.4) is 0 Å². The number of hydrogen-bond donors (Lipinski definition) is 2. The number of aliphatic hydroxyl groups excluding tert-OH is 2. The molecule has 0 bridgehead atoms. The van der Waals surface area contributed by atoms with Gasteiger partial charge in [0.1, 0.15) is 0 Å². The number of carbonyl (C=O) groups is 2. The van der Waals surface area contributed by atoms with E-state index in [9.17, 15) is 19.8 Å². The molecule has 0 aliphatic heterocycles. The first-order valence-corrected chi connectivity index (χ1v) is 13.9. The Morgan fingerprint density at radius 3 is 1.45 bits per heavy atom. The summed E-state index contributed by atoms with van der Waals surface area (Å²) in [6.45, 7) is 17.3. The fourth-order valence-corrected chi connectivity index (χ4v) is 3.73. The van der Waals surface area contributed by atoms with E-state index >= 15 is 0 Å². The van der Waals surface area contributed by atoms with Crippen LogP contribution in [0.15, 0.2) is 12.3 Å². The standard InChI is InChI=1S/C29H57N3O6/c1-10-13-32(20-24(33)22-37-16-11-14-30(8)26(35)18-28(2,3)4)21-25(34)23-38-17-12-15-31(9)27(36)19-29(5,6)7/h10,13,24-25,33-34H,11-12,14-23H2,1-9H3. The highest BCUT2D eigenvalue weighted by Crippen LogP contribution is 2.20. The third-order valence-corrected chi connectivity index (χ3v) is 5.65. The second kappa shape index (κ2) is 18.6. The van der Waals surface area contributed by atoms with Gasteiger partial charge in [0.15, 0.2) is 0 Å². The number of aliphatic hydroxyl groups is 2. The third-order valence-electron chi connectivity index (χ3n) is 5.65. The molecule has 2 atom stereocenters. The topological polar surface area (TPSA) is 103 Å². The fraction of sp³-hybridized carbons (Fsp3) is 0.862. The van der Waals surface area contributed by atoms with Gasteiger partial charge in [0.2, 0.25) is 11.8 Å². The van der Waals surface area contributed by atoms with Gasteiger partial charge in [-0.2, -0.15) is 0 Å². The minimum Gasteiger partial charge on any atom is -0.389 e. The highest BCUT2D eigenvalue weighted by atomic mass is 16.5. The molecule has 0 aromatic carbocycles. The summed E-state index contributed by atoms with van der Waals surface area (Å²) in [5, 5.41) is 20.8. The Morgan fingerprint density at radius 1 is 0.763 bits per heavy atom. The molecule has 224 valence electrons. The summed E-state index contributed by atoms with van der Waals surface area (Å²) in [5.41, 5.74) is -0.0657. The summed E-state index contributed by atoms with van der Waals surface area (Å²) >= 11 is 0. The molecule has 9 heteroatoms. The molecular weight excluding hydrogens is 486 g/mol. The summed E-state index contributed by atoms with van der Waals surface area (Å²) < 4.78 is 11.2. The average molecular weight is 544 g/mol. The zero-order chi connectivity index (χ0) is 29.4. The second-order valence-electron chi connectivity index (χ2n) is 12.7. The SMILES string of the molecule is CC=CN(CC(O)COCCCN(C)C(=O)CC(C)(C)C)CC(O)COCCCN(C)C(=O)CC(C)(C)C. The summed E-state index contributed by atoms with van der Waals surface area (Å²) in [7, 11) is 3.61. The van der Waals surface area contributed by atoms with Crippen LogP contribution in [-0.2, 0) is 19.1 Å². The van der Waals surface area contributed by atoms with Gasteiger partial charge >= 0.3 is 0 Å². The van der Waals surface area contributed by atoms with Crippen LogP contribution in [0.5, 0.6) is 0 Å². The average Bonchev–Trinajstić information content (AvgIpc) is 2.76. The molecule has 0 aliphatic rings. The van der Waals surface area contributed by atoms with Crippen molar-refractivity contribution in [2.45, 2.75) is 86.4 Å². The van der Waals surface area contributed by atoms with Gasteiger partial charge in [0.25, 0.3) is 0 Å². The van der Waals surface area contributed by atoms with Gasteiger partial charge in [0, 0.05) is 66.3 Å². The number of carbonyl (C=O) groups excluding carboxylic acids is 2. The molecule has 0 aromatic heterocycles. The van der Waals surface area contributed by atoms with Crippen molar-refractivity contribution in [3.8, 4) is 0 Å². The molecule has 0 rings (SSSR count). The Kier molecular flexibility index (Phi) is 17.8. The van der Waals surface area contributed by atoms with E-state index in [1.807, 2.05) is 65.6 Å². The lowest BCUT2D eigenvalue weighted by Crippen LogP contribution is -2.38. The molecule has 0 heterocycles. The molecular formula is C29H57N3O6. The maximum absolute atomic E-state index is 12.2. The van der Waals surface area contributed by atoms with E-state index in [1.54, 1.807) is 23.9 Å². The van der Waals surface area contributed by atoms with E-state index in [2.05, 4.69) is 0 Å². The van der Waals surface area contributed by atoms with Gasteiger partial charge < -0.3 is 34.4 Å². The van der Waals surface area contributed by atoms with E-state index in [1.165, 1.54) is 0 Å². The van der Waals surface area contributed by atoms with Crippen LogP contribution < -0.4 is 0 Å². The number of allylic oxidation sites excluding steroid dienone is 1. The predicted molar refractivity (Wildman–Crippen MR) is 153 cm³/mol. The Balaban J connectivity index is 4.16. The number of nitrogens with zero attached hydrogens (tertiary/aromatic N) is 3. The van der Waals surface area contributed by atoms with Crippen LogP contribution in [-0.4, -0.2) is 116 Å². The van der Waals surface area contributed by atoms with Crippen LogP contribution >= 0.6 is 0 Å². The van der Waals surface area contributed by atoms with Gasteiger partial charge in [-0.15, -0.1) is 0 Å². The third kappa shape index (κ3) is 20.3. The van der Waals surface area contributed by atoms with E-state index in [-0.39, 0.29) is 35.9 Å². The molecule has 2 unspecified atom stereocenters. The van der Waals surface area contributed by atoms with Crippen molar-refractivity contribution in [1.29, 1.82) is 0 Å². The molecule has 9 nitrogen and oxygen atoms in total. The van der Waals surface area contributed by atoms with Gasteiger partial charge in [0.05, 0.1) is 25.4 Å². The fourth-order valence-electron chi connectivity index (χ4n) is 3.73. The second-order valence-corrected chi connectivity index (χ2v) is 12.7. The van der Waals surface area contributed by atoms with E-state index in [0.29, 0.717) is 65.1 Å². The molecule has 0 spiro atoms. The molecule has 0 radical (unpaired) electrons. The first-order valence-electron chi connectivity index (χ1n) is 13.9. The Labute approximate surface area is 232 Å². The van der Waals surface area contributed by atoms with Crippen molar-refractivity contribution in [3.63, 3.8) is 0 Å². The number of ether oxygens (including phenoxy) is 2. The van der Waals surface area contributed by atoms with Crippen LogP contribution in [0.1, 0.15) is 74.1 Å². The van der Waals surface area contributed by atoms with Crippen molar-refractivity contribution in [2.75, 3.05) is 66.7 Å². The largest absolute Gasteiger partial charge is 0.389 e. The quantitative estimate of drug-likeness (QED) is 0.241. The van der Waals surface area contributed by atoms with Crippen molar-refractivity contribution < 1.29 is 29.3 Å².